The first-order valence-electron chi connectivity index (χ1n) is 14.9. The van der Waals surface area contributed by atoms with E-state index in [1.807, 2.05) is 27.7 Å². The summed E-state index contributed by atoms with van der Waals surface area (Å²) in [7, 11) is -0.870. The fourth-order valence-electron chi connectivity index (χ4n) is 4.63. The number of nitrogens with zero attached hydrogens (tertiary/aromatic N) is 2. The third-order valence-electron chi connectivity index (χ3n) is 8.18. The van der Waals surface area contributed by atoms with Crippen LogP contribution in [0.4, 0.5) is 55.3 Å². The smallest absolute Gasteiger partial charge is 0.399 e. The van der Waals surface area contributed by atoms with Crippen LogP contribution in [0, 0.1) is 50.3 Å². The van der Waals surface area contributed by atoms with Crippen molar-refractivity contribution < 1.29 is 53.2 Å². The second kappa shape index (κ2) is 15.6. The van der Waals surface area contributed by atoms with Crippen molar-refractivity contribution in [3.05, 3.63) is 134 Å². The highest BCUT2D eigenvalue weighted by molar-refractivity contribution is 6.62. The van der Waals surface area contributed by atoms with Gasteiger partial charge in [0, 0.05) is 16.6 Å². The summed E-state index contributed by atoms with van der Waals surface area (Å²) in [5.74, 6) is -2.80. The van der Waals surface area contributed by atoms with Crippen LogP contribution in [-0.2, 0) is 21.7 Å². The van der Waals surface area contributed by atoms with Gasteiger partial charge in [-0.3, -0.25) is 0 Å². The first-order chi connectivity index (χ1) is 23.9. The van der Waals surface area contributed by atoms with Crippen molar-refractivity contribution in [3.8, 4) is 11.1 Å². The van der Waals surface area contributed by atoms with Crippen LogP contribution in [0.15, 0.2) is 60.7 Å². The quantitative estimate of drug-likeness (QED) is 0.116. The number of hydrogen-bond acceptors (Lipinski definition) is 2. The van der Waals surface area contributed by atoms with Crippen LogP contribution in [0.5, 0.6) is 0 Å². The summed E-state index contributed by atoms with van der Waals surface area (Å²) in [4.78, 5) is 5.84. The largest absolute Gasteiger partial charge is 0.497 e. The molecule has 0 amide bonds. The Balaban J connectivity index is 0.000000216. The number of halogens is 11. The minimum absolute atomic E-state index is 0.0231. The fraction of sp³-hybridized carbons (Fsp3) is 0.278. The van der Waals surface area contributed by atoms with Crippen molar-refractivity contribution in [2.24, 2.45) is 0 Å². The van der Waals surface area contributed by atoms with Gasteiger partial charge in [0.25, 0.3) is 0 Å². The number of aryl methyl sites for hydroxylation is 2. The third kappa shape index (κ3) is 9.26. The molecule has 0 saturated carbocycles. The van der Waals surface area contributed by atoms with E-state index in [1.165, 1.54) is 19.9 Å². The van der Waals surface area contributed by atoms with Gasteiger partial charge in [-0.05, 0) is 76.9 Å². The molecule has 274 valence electrons. The third-order valence-corrected chi connectivity index (χ3v) is 8.57. The molecule has 4 nitrogen and oxygen atoms in total. The topological polar surface area (TPSA) is 27.2 Å². The lowest BCUT2D eigenvalue weighted by molar-refractivity contribution is -0.138. The van der Waals surface area contributed by atoms with E-state index in [0.29, 0.717) is 6.07 Å². The van der Waals surface area contributed by atoms with Gasteiger partial charge in [-0.2, -0.15) is 26.3 Å². The summed E-state index contributed by atoms with van der Waals surface area (Å²) in [6, 6.07) is 9.97. The molecule has 0 aromatic heterocycles. The first kappa shape index (κ1) is 41.9. The maximum Gasteiger partial charge on any atom is 0.497 e. The molecule has 1 aliphatic heterocycles. The molecule has 1 heterocycles. The van der Waals surface area contributed by atoms with Crippen LogP contribution >= 0.6 is 11.6 Å². The lowest BCUT2D eigenvalue weighted by atomic mass is 9.78. The van der Waals surface area contributed by atoms with Crippen molar-refractivity contribution in [1.82, 2.24) is 0 Å². The van der Waals surface area contributed by atoms with Crippen LogP contribution in [0.3, 0.4) is 0 Å². The molecule has 1 fully saturated rings. The van der Waals surface area contributed by atoms with E-state index in [1.54, 1.807) is 0 Å². The van der Waals surface area contributed by atoms with Crippen molar-refractivity contribution in [1.29, 1.82) is 0 Å². The predicted molar refractivity (Wildman–Crippen MR) is 177 cm³/mol. The molecule has 4 aromatic rings. The Morgan fingerprint density at radius 1 is 0.635 bits per heavy atom. The van der Waals surface area contributed by atoms with E-state index in [0.717, 1.165) is 48.5 Å². The van der Waals surface area contributed by atoms with E-state index in [2.05, 4.69) is 9.69 Å². The predicted octanol–water partition coefficient (Wildman–Crippen LogP) is 12.0. The maximum atomic E-state index is 14.0. The van der Waals surface area contributed by atoms with Gasteiger partial charge in [0.05, 0.1) is 40.5 Å². The Morgan fingerprint density at radius 2 is 1.08 bits per heavy atom. The molecule has 16 heteroatoms. The maximum absolute atomic E-state index is 14.0. The summed E-state index contributed by atoms with van der Waals surface area (Å²) in [6.07, 6.45) is -9.28. The zero-order valence-electron chi connectivity index (χ0n) is 28.2. The van der Waals surface area contributed by atoms with Gasteiger partial charge in [-0.25, -0.2) is 27.3 Å². The van der Waals surface area contributed by atoms with Gasteiger partial charge in [0.15, 0.2) is 5.69 Å². The Labute approximate surface area is 298 Å². The minimum atomic E-state index is -4.77. The van der Waals surface area contributed by atoms with Gasteiger partial charge < -0.3 is 9.31 Å². The van der Waals surface area contributed by atoms with Crippen LogP contribution in [0.1, 0.15) is 49.9 Å². The van der Waals surface area contributed by atoms with E-state index in [-0.39, 0.29) is 28.0 Å². The van der Waals surface area contributed by atoms with E-state index in [9.17, 15) is 43.9 Å². The molecule has 5 rings (SSSR count). The van der Waals surface area contributed by atoms with Crippen LogP contribution in [-0.4, -0.2) is 18.3 Å². The summed E-state index contributed by atoms with van der Waals surface area (Å²) >= 11 is 5.36. The van der Waals surface area contributed by atoms with Crippen molar-refractivity contribution in [3.63, 3.8) is 0 Å². The van der Waals surface area contributed by atoms with Gasteiger partial charge in [-0.1, -0.05) is 48.0 Å². The fourth-order valence-corrected chi connectivity index (χ4v) is 4.90. The molecule has 0 atom stereocenters. The average Bonchev–Trinajstić information content (AvgIpc) is 3.25. The first-order valence-corrected chi connectivity index (χ1v) is 15.3. The number of alkyl halides is 6. The molecular weight excluding hydrogens is 729 g/mol. The molecule has 0 radical (unpaired) electrons. The molecule has 1 saturated heterocycles. The normalized spacial score (nSPS) is 14.7. The molecule has 0 unspecified atom stereocenters. The zero-order valence-corrected chi connectivity index (χ0v) is 29.0. The molecule has 1 aliphatic rings. The van der Waals surface area contributed by atoms with E-state index < -0.39 is 81.2 Å². The van der Waals surface area contributed by atoms with Gasteiger partial charge in [0.1, 0.15) is 23.3 Å². The molecule has 52 heavy (non-hydrogen) atoms. The number of rotatable bonds is 2. The summed E-state index contributed by atoms with van der Waals surface area (Å²) in [5, 5.41) is -0.537. The summed E-state index contributed by atoms with van der Waals surface area (Å²) in [5.41, 5.74) is -4.69. The Morgan fingerprint density at radius 3 is 1.56 bits per heavy atom. The highest BCUT2D eigenvalue weighted by Crippen LogP contribution is 2.44. The Kier molecular flexibility index (Phi) is 12.5. The van der Waals surface area contributed by atoms with E-state index >= 15 is 0 Å². The lowest BCUT2D eigenvalue weighted by Gasteiger charge is -2.32. The van der Waals surface area contributed by atoms with Gasteiger partial charge in [-0.15, -0.1) is 0 Å². The molecule has 0 aliphatic carbocycles. The molecule has 0 N–H and O–H groups in total. The van der Waals surface area contributed by atoms with Gasteiger partial charge >= 0.3 is 19.5 Å². The van der Waals surface area contributed by atoms with Crippen LogP contribution < -0.4 is 5.46 Å². The monoisotopic (exact) mass is 756 g/mol. The highest BCUT2D eigenvalue weighted by atomic mass is 35.5. The molecular formula is C36H28BClF10N2O2. The second-order valence-electron chi connectivity index (χ2n) is 12.3. The Hall–Kier alpha value is -4.57. The number of hydrogen-bond donors (Lipinski definition) is 0. The van der Waals surface area contributed by atoms with Crippen molar-refractivity contribution in [2.75, 3.05) is 0 Å². The SMILES string of the molecule is Cc1cc(F)c(B2OC(C)(C)C(C)(C)O2)cc1F.[C-]#[N+]c1cccc(C(F)(F)F)c1-c1cc(F)c(C)cc1F.[C-]#[N+]c1cccc(C(F)(F)F)c1Cl. The van der Waals surface area contributed by atoms with Crippen molar-refractivity contribution >= 4 is 35.6 Å². The lowest BCUT2D eigenvalue weighted by Crippen LogP contribution is -2.41. The number of benzene rings is 4. The van der Waals surface area contributed by atoms with Gasteiger partial charge in [0.2, 0.25) is 5.69 Å². The highest BCUT2D eigenvalue weighted by Gasteiger charge is 2.52. The minimum Gasteiger partial charge on any atom is -0.399 e. The van der Waals surface area contributed by atoms with E-state index in [4.69, 9.17) is 34.1 Å². The molecule has 0 bridgehead atoms. The van der Waals surface area contributed by atoms with Crippen LogP contribution in [0.2, 0.25) is 5.02 Å². The molecule has 0 spiro atoms. The second-order valence-corrected chi connectivity index (χ2v) is 12.7. The molecule has 4 aromatic carbocycles. The van der Waals surface area contributed by atoms with Crippen molar-refractivity contribution in [2.45, 2.75) is 65.1 Å². The standard InChI is InChI=1S/C15H8F5N.C13H17BF2O2.C8H3ClF3N/c1-8-6-12(17)9(7-11(8)16)14-10(15(18,19)20)4-3-5-13(14)21-2;1-8-6-11(16)9(7-10(8)15)14-17-12(2,3)13(4,5)18-14;1-13-6-4-2-3-5(7(6)9)8(10,11)12/h3-7H,1H3;6-7H,1-5H3;2-4H. The Bertz CT molecular complexity index is 2040. The zero-order chi connectivity index (χ0) is 39.6. The summed E-state index contributed by atoms with van der Waals surface area (Å²) in [6.45, 7) is 23.8. The average molecular weight is 757 g/mol. The van der Waals surface area contributed by atoms with Crippen LogP contribution in [0.25, 0.3) is 20.8 Å². The summed E-state index contributed by atoms with van der Waals surface area (Å²) < 4.78 is 142.